The molecule has 0 saturated heterocycles. The van der Waals surface area contributed by atoms with Gasteiger partial charge in [-0.15, -0.1) is 0 Å². The van der Waals surface area contributed by atoms with E-state index in [1.165, 1.54) is 6.07 Å². The van der Waals surface area contributed by atoms with E-state index in [1.54, 1.807) is 0 Å². The normalized spacial score (nSPS) is 14.6. The van der Waals surface area contributed by atoms with Gasteiger partial charge in [-0.25, -0.2) is 13.9 Å². The highest BCUT2D eigenvalue weighted by Gasteiger charge is 2.39. The van der Waals surface area contributed by atoms with Gasteiger partial charge >= 0.3 is 57.4 Å². The number of rotatable bonds is 13. The predicted molar refractivity (Wildman–Crippen MR) is 189 cm³/mol. The first-order valence-electron chi connectivity index (χ1n) is 16.3. The fourth-order valence-electron chi connectivity index (χ4n) is 5.28. The Kier molecular flexibility index (Phi) is 13.9. The molecule has 4 N–H and O–H groups in total. The molecule has 2 atom stereocenters. The molecule has 1 heterocycles. The highest BCUT2D eigenvalue weighted by molar-refractivity contribution is 7.47. The van der Waals surface area contributed by atoms with Crippen molar-refractivity contribution in [1.29, 1.82) is 0 Å². The molecule has 3 aromatic carbocycles. The van der Waals surface area contributed by atoms with E-state index in [1.807, 2.05) is 0 Å². The van der Waals surface area contributed by atoms with E-state index in [0.717, 1.165) is 59.7 Å². The van der Waals surface area contributed by atoms with Gasteiger partial charge in [-0.05, 0) is 24.3 Å². The smallest absolute Gasteiger partial charge is 0.481 e. The van der Waals surface area contributed by atoms with Crippen molar-refractivity contribution in [3.05, 3.63) is 53.1 Å². The Balaban J connectivity index is 1.99. The number of carbonyl (C=O) groups is 7. The van der Waals surface area contributed by atoms with Crippen LogP contribution in [0.2, 0.25) is 0 Å². The Morgan fingerprint density at radius 1 is 0.559 bits per heavy atom. The summed E-state index contributed by atoms with van der Waals surface area (Å²) in [6.07, 6.45) is -3.66. The van der Waals surface area contributed by atoms with Crippen LogP contribution in [-0.2, 0) is 49.1 Å². The minimum atomic E-state index is -5.60. The molecule has 1 aliphatic heterocycles. The van der Waals surface area contributed by atoms with Crippen LogP contribution in [0.15, 0.2) is 36.4 Å². The maximum atomic E-state index is 14.0. The molecule has 0 fully saturated rings. The van der Waals surface area contributed by atoms with Gasteiger partial charge in [0.05, 0.1) is 5.56 Å². The van der Waals surface area contributed by atoms with E-state index >= 15 is 0 Å². The number of hydrogen-bond acceptors (Lipinski definition) is 19. The van der Waals surface area contributed by atoms with Gasteiger partial charge in [0.15, 0.2) is 29.1 Å². The number of hydrogen-bond donors (Lipinski definition) is 4. The SMILES string of the molecule is CC(=O)Oc1cc(OC(C)=O)c2c(c1)O[C@H](c1cc(OC(C)=O)c(OC(C)=O)c(OC(C)=O)c1)[C@H](OC(=O)c1cc(OC(C)=O)c(OP(=O)(O)O)c(OP(=O)(O)O)c1)C2. The predicted octanol–water partition coefficient (Wildman–Crippen LogP) is 3.08. The second-order valence-corrected chi connectivity index (χ2v) is 14.3. The molecule has 0 aliphatic carbocycles. The maximum absolute atomic E-state index is 14.0. The number of ether oxygens (including phenoxy) is 8. The average Bonchev–Trinajstić information content (AvgIpc) is 3.04. The van der Waals surface area contributed by atoms with Gasteiger partial charge in [0.1, 0.15) is 23.4 Å². The number of esters is 7. The summed E-state index contributed by atoms with van der Waals surface area (Å²) < 4.78 is 75.7. The summed E-state index contributed by atoms with van der Waals surface area (Å²) in [5.74, 6) is -12.5. The first-order chi connectivity index (χ1) is 27.3. The van der Waals surface area contributed by atoms with E-state index in [-0.39, 0.29) is 28.4 Å². The molecule has 1 aliphatic rings. The van der Waals surface area contributed by atoms with Crippen LogP contribution in [-0.4, -0.2) is 67.5 Å². The van der Waals surface area contributed by atoms with Crippen molar-refractivity contribution < 1.29 is 109 Å². The topological polar surface area (TPSA) is 327 Å². The van der Waals surface area contributed by atoms with Crippen LogP contribution >= 0.6 is 15.6 Å². The number of phosphoric acid groups is 2. The molecule has 0 spiro atoms. The van der Waals surface area contributed by atoms with Crippen molar-refractivity contribution in [1.82, 2.24) is 0 Å². The molecule has 0 aromatic heterocycles. The highest BCUT2D eigenvalue weighted by Crippen LogP contribution is 2.52. The van der Waals surface area contributed by atoms with E-state index in [2.05, 4.69) is 9.05 Å². The second kappa shape index (κ2) is 18.1. The summed E-state index contributed by atoms with van der Waals surface area (Å²) in [5, 5.41) is 0. The van der Waals surface area contributed by atoms with Gasteiger partial charge in [0.2, 0.25) is 11.5 Å². The minimum Gasteiger partial charge on any atom is -0.481 e. The van der Waals surface area contributed by atoms with Gasteiger partial charge in [0, 0.05) is 71.2 Å². The van der Waals surface area contributed by atoms with Crippen LogP contribution < -0.4 is 42.2 Å². The summed E-state index contributed by atoms with van der Waals surface area (Å²) in [5.41, 5.74) is -0.844. The largest absolute Gasteiger partial charge is 0.525 e. The van der Waals surface area contributed by atoms with Gasteiger partial charge in [-0.1, -0.05) is 0 Å². The van der Waals surface area contributed by atoms with Crippen LogP contribution in [0.5, 0.6) is 51.7 Å². The van der Waals surface area contributed by atoms with Crippen LogP contribution in [0.4, 0.5) is 0 Å². The lowest BCUT2D eigenvalue weighted by atomic mass is 9.93. The van der Waals surface area contributed by atoms with E-state index < -0.39 is 116 Å². The summed E-state index contributed by atoms with van der Waals surface area (Å²) in [7, 11) is -11.2. The number of phosphoric ester groups is 2. The van der Waals surface area contributed by atoms with Crippen molar-refractivity contribution >= 4 is 57.4 Å². The zero-order valence-corrected chi connectivity index (χ0v) is 33.1. The molecular weight excluding hydrogens is 838 g/mol. The first kappa shape index (κ1) is 45.4. The Bertz CT molecular complexity index is 2300. The van der Waals surface area contributed by atoms with Crippen molar-refractivity contribution in [3.63, 3.8) is 0 Å². The summed E-state index contributed by atoms with van der Waals surface area (Å²) in [4.78, 5) is 124. The lowest BCUT2D eigenvalue weighted by molar-refractivity contribution is -0.135. The van der Waals surface area contributed by atoms with Crippen molar-refractivity contribution in [2.24, 2.45) is 0 Å². The zero-order valence-electron chi connectivity index (χ0n) is 31.3. The Morgan fingerprint density at radius 3 is 1.49 bits per heavy atom. The zero-order chi connectivity index (χ0) is 44.1. The standard InChI is InChI=1S/C34H32O23P2/c1-14(35)48-22-11-24(49-15(2)36)23-13-29(55-34(41)21-9-28(52-18(5)39)33(57-59(45,46)47)30(10-21)56-58(42,43)44)31(54-25(23)12-22)20-7-26(50-16(3)37)32(53-19(6)40)27(8-20)51-17(4)38/h7-12,29,31H,13H2,1-6H3,(H2,42,43,44)(H2,45,46,47)/t29-,31-/m1/s1. The van der Waals surface area contributed by atoms with Crippen LogP contribution in [0.1, 0.15) is 69.1 Å². The Hall–Kier alpha value is -6.35. The second-order valence-electron chi connectivity index (χ2n) is 12.0. The molecule has 23 nitrogen and oxygen atoms in total. The van der Waals surface area contributed by atoms with Crippen molar-refractivity contribution in [2.75, 3.05) is 0 Å². The summed E-state index contributed by atoms with van der Waals surface area (Å²) in [6, 6.07) is 5.70. The minimum absolute atomic E-state index is 0.0265. The van der Waals surface area contributed by atoms with Gasteiger partial charge in [-0.2, -0.15) is 0 Å². The van der Waals surface area contributed by atoms with E-state index in [4.69, 9.17) is 37.9 Å². The number of carbonyl (C=O) groups excluding carboxylic acids is 7. The lowest BCUT2D eigenvalue weighted by Gasteiger charge is -2.34. The fraction of sp³-hybridized carbons (Fsp3) is 0.265. The molecule has 25 heteroatoms. The molecule has 4 rings (SSSR count). The molecule has 316 valence electrons. The molecule has 59 heavy (non-hydrogen) atoms. The molecule has 0 unspecified atom stereocenters. The van der Waals surface area contributed by atoms with E-state index in [9.17, 15) is 62.3 Å². The first-order valence-corrected chi connectivity index (χ1v) is 19.4. The third kappa shape index (κ3) is 12.8. The van der Waals surface area contributed by atoms with Gasteiger partial charge < -0.3 is 46.9 Å². The van der Waals surface area contributed by atoms with Crippen molar-refractivity contribution in [2.45, 2.75) is 60.2 Å². The summed E-state index contributed by atoms with van der Waals surface area (Å²) in [6.45, 7) is 5.93. The molecule has 0 radical (unpaired) electrons. The highest BCUT2D eigenvalue weighted by atomic mass is 31.2. The third-order valence-electron chi connectivity index (χ3n) is 6.97. The van der Waals surface area contributed by atoms with Crippen LogP contribution in [0, 0.1) is 0 Å². The molecule has 3 aromatic rings. The third-order valence-corrected chi connectivity index (χ3v) is 7.83. The maximum Gasteiger partial charge on any atom is 0.525 e. The van der Waals surface area contributed by atoms with Crippen LogP contribution in [0.25, 0.3) is 0 Å². The monoisotopic (exact) mass is 870 g/mol. The average molecular weight is 871 g/mol. The van der Waals surface area contributed by atoms with E-state index in [0.29, 0.717) is 12.1 Å². The Morgan fingerprint density at radius 2 is 1.02 bits per heavy atom. The fourth-order valence-corrected chi connectivity index (χ4v) is 6.09. The molecule has 0 saturated carbocycles. The quantitative estimate of drug-likeness (QED) is 0.109. The Labute approximate surface area is 331 Å². The number of fused-ring (bicyclic) bond motifs is 1. The summed E-state index contributed by atoms with van der Waals surface area (Å²) >= 11 is 0. The molecule has 0 amide bonds. The van der Waals surface area contributed by atoms with Crippen molar-refractivity contribution in [3.8, 4) is 51.7 Å². The van der Waals surface area contributed by atoms with Crippen LogP contribution in [0.3, 0.4) is 0 Å². The number of benzene rings is 3. The van der Waals surface area contributed by atoms with Gasteiger partial charge in [-0.3, -0.25) is 48.3 Å². The van der Waals surface area contributed by atoms with Gasteiger partial charge in [0.25, 0.3) is 0 Å². The molecule has 0 bridgehead atoms. The lowest BCUT2D eigenvalue weighted by Crippen LogP contribution is -2.35. The molecular formula is C34H32O23P2.